The monoisotopic (exact) mass is 234 g/mol. The van der Waals surface area contributed by atoms with Crippen LogP contribution in [0, 0.1) is 13.8 Å². The summed E-state index contributed by atoms with van der Waals surface area (Å²) in [7, 11) is 3.17. The summed E-state index contributed by atoms with van der Waals surface area (Å²) in [6, 6.07) is 1.80. The number of hydrogen-bond donors (Lipinski definition) is 0. The highest BCUT2D eigenvalue weighted by Crippen LogP contribution is 2.34. The lowest BCUT2D eigenvalue weighted by Crippen LogP contribution is -2.04. The van der Waals surface area contributed by atoms with Gasteiger partial charge in [-0.25, -0.2) is 0 Å². The summed E-state index contributed by atoms with van der Waals surface area (Å²) in [6.07, 6.45) is 3.25. The molecular weight excluding hydrogens is 216 g/mol. The number of ether oxygens (including phenoxy) is 2. The van der Waals surface area contributed by atoms with Crippen LogP contribution in [0.3, 0.4) is 0 Å². The van der Waals surface area contributed by atoms with Crippen molar-refractivity contribution in [3.63, 3.8) is 0 Å². The van der Waals surface area contributed by atoms with Crippen LogP contribution in [0.1, 0.15) is 28.4 Å². The molecule has 0 aliphatic rings. The first-order valence-electron chi connectivity index (χ1n) is 5.46. The van der Waals surface area contributed by atoms with Gasteiger partial charge in [0.05, 0.1) is 19.8 Å². The fourth-order valence-corrected chi connectivity index (χ4v) is 1.95. The number of aryl methyl sites for hydroxylation is 1. The van der Waals surface area contributed by atoms with Crippen molar-refractivity contribution in [2.75, 3.05) is 14.2 Å². The predicted octanol–water partition coefficient (Wildman–Crippen LogP) is 3.08. The van der Waals surface area contributed by atoms with Crippen molar-refractivity contribution in [3.05, 3.63) is 34.9 Å². The number of ketones is 1. The number of carbonyl (C=O) groups excluding carboxylic acids is 1. The van der Waals surface area contributed by atoms with E-state index in [1.54, 1.807) is 26.4 Å². The second kappa shape index (κ2) is 5.53. The van der Waals surface area contributed by atoms with Crippen molar-refractivity contribution in [2.24, 2.45) is 0 Å². The van der Waals surface area contributed by atoms with Gasteiger partial charge in [-0.2, -0.15) is 0 Å². The molecular formula is C14H18O3. The molecule has 0 N–H and O–H groups in total. The molecule has 1 aromatic carbocycles. The number of benzene rings is 1. The standard InChI is InChI=1S/C14H18O3/c1-6-7-12(15)11-8-9(2)13(16-4)10(3)14(11)17-5/h6-8H,1-5H3/b7-6+. The number of hydrogen-bond acceptors (Lipinski definition) is 3. The van der Waals surface area contributed by atoms with E-state index < -0.39 is 0 Å². The molecule has 0 bridgehead atoms. The van der Waals surface area contributed by atoms with Gasteiger partial charge in [-0.1, -0.05) is 6.08 Å². The molecule has 92 valence electrons. The molecule has 0 unspecified atom stereocenters. The van der Waals surface area contributed by atoms with Gasteiger partial charge in [0.25, 0.3) is 0 Å². The van der Waals surface area contributed by atoms with E-state index in [9.17, 15) is 4.79 Å². The minimum absolute atomic E-state index is 0.0572. The van der Waals surface area contributed by atoms with Crippen LogP contribution in [0.2, 0.25) is 0 Å². The molecule has 3 heteroatoms. The van der Waals surface area contributed by atoms with E-state index in [2.05, 4.69) is 0 Å². The average molecular weight is 234 g/mol. The number of rotatable bonds is 4. The molecule has 1 aromatic rings. The highest BCUT2D eigenvalue weighted by molar-refractivity contribution is 6.07. The Morgan fingerprint density at radius 2 is 1.76 bits per heavy atom. The maximum Gasteiger partial charge on any atom is 0.189 e. The minimum atomic E-state index is -0.0572. The van der Waals surface area contributed by atoms with Crippen molar-refractivity contribution in [3.8, 4) is 11.5 Å². The Morgan fingerprint density at radius 1 is 1.18 bits per heavy atom. The van der Waals surface area contributed by atoms with Crippen LogP contribution in [0.4, 0.5) is 0 Å². The summed E-state index contributed by atoms with van der Waals surface area (Å²) >= 11 is 0. The zero-order valence-corrected chi connectivity index (χ0v) is 11.0. The molecule has 17 heavy (non-hydrogen) atoms. The first kappa shape index (κ1) is 13.3. The lowest BCUT2D eigenvalue weighted by Gasteiger charge is -2.15. The van der Waals surface area contributed by atoms with Gasteiger partial charge < -0.3 is 9.47 Å². The van der Waals surface area contributed by atoms with Crippen LogP contribution in [-0.4, -0.2) is 20.0 Å². The molecule has 0 saturated heterocycles. The molecule has 0 fully saturated rings. The van der Waals surface area contributed by atoms with Crippen LogP contribution in [0.15, 0.2) is 18.2 Å². The van der Waals surface area contributed by atoms with Crippen molar-refractivity contribution < 1.29 is 14.3 Å². The molecule has 0 aromatic heterocycles. The third kappa shape index (κ3) is 2.49. The molecule has 0 aliphatic heterocycles. The van der Waals surface area contributed by atoms with E-state index in [4.69, 9.17) is 9.47 Å². The molecule has 1 rings (SSSR count). The predicted molar refractivity (Wildman–Crippen MR) is 68.2 cm³/mol. The van der Waals surface area contributed by atoms with Gasteiger partial charge in [-0.05, 0) is 38.5 Å². The molecule has 0 amide bonds. The maximum absolute atomic E-state index is 11.9. The Hall–Kier alpha value is -1.77. The second-order valence-electron chi connectivity index (χ2n) is 3.80. The minimum Gasteiger partial charge on any atom is -0.496 e. The Labute approximate surface area is 102 Å². The van der Waals surface area contributed by atoms with Gasteiger partial charge >= 0.3 is 0 Å². The van der Waals surface area contributed by atoms with E-state index in [-0.39, 0.29) is 5.78 Å². The Kier molecular flexibility index (Phi) is 4.32. The van der Waals surface area contributed by atoms with Gasteiger partial charge in [0.2, 0.25) is 0 Å². The SMILES string of the molecule is C/C=C/C(=O)c1cc(C)c(OC)c(C)c1OC. The molecule has 0 saturated carbocycles. The zero-order chi connectivity index (χ0) is 13.0. The highest BCUT2D eigenvalue weighted by atomic mass is 16.5. The van der Waals surface area contributed by atoms with Crippen LogP contribution >= 0.6 is 0 Å². The molecule has 0 spiro atoms. The summed E-state index contributed by atoms with van der Waals surface area (Å²) in [6.45, 7) is 5.61. The summed E-state index contributed by atoms with van der Waals surface area (Å²) in [5.74, 6) is 1.28. The van der Waals surface area contributed by atoms with Crippen LogP contribution in [0.25, 0.3) is 0 Å². The average Bonchev–Trinajstić information content (AvgIpc) is 2.29. The molecule has 3 nitrogen and oxygen atoms in total. The normalized spacial score (nSPS) is 10.6. The quantitative estimate of drug-likeness (QED) is 0.593. The van der Waals surface area contributed by atoms with Gasteiger partial charge in [-0.15, -0.1) is 0 Å². The van der Waals surface area contributed by atoms with E-state index in [1.807, 2.05) is 20.8 Å². The molecule has 0 radical (unpaired) electrons. The smallest absolute Gasteiger partial charge is 0.189 e. The van der Waals surface area contributed by atoms with Crippen molar-refractivity contribution in [2.45, 2.75) is 20.8 Å². The van der Waals surface area contributed by atoms with E-state index in [0.717, 1.165) is 16.9 Å². The van der Waals surface area contributed by atoms with E-state index >= 15 is 0 Å². The van der Waals surface area contributed by atoms with Crippen LogP contribution in [0.5, 0.6) is 11.5 Å². The van der Waals surface area contributed by atoms with Gasteiger partial charge in [-0.3, -0.25) is 4.79 Å². The largest absolute Gasteiger partial charge is 0.496 e. The zero-order valence-electron chi connectivity index (χ0n) is 11.0. The van der Waals surface area contributed by atoms with Gasteiger partial charge in [0, 0.05) is 5.56 Å². The van der Waals surface area contributed by atoms with Crippen molar-refractivity contribution in [1.82, 2.24) is 0 Å². The molecule has 0 aliphatic carbocycles. The Bertz CT molecular complexity index is 459. The number of methoxy groups -OCH3 is 2. The van der Waals surface area contributed by atoms with Gasteiger partial charge in [0.1, 0.15) is 11.5 Å². The first-order chi connectivity index (χ1) is 8.06. The van der Waals surface area contributed by atoms with Crippen LogP contribution < -0.4 is 9.47 Å². The first-order valence-corrected chi connectivity index (χ1v) is 5.46. The van der Waals surface area contributed by atoms with E-state index in [1.165, 1.54) is 6.08 Å². The number of allylic oxidation sites excluding steroid dienone is 2. The fraction of sp³-hybridized carbons (Fsp3) is 0.357. The molecule has 0 atom stereocenters. The maximum atomic E-state index is 11.9. The van der Waals surface area contributed by atoms with Gasteiger partial charge in [0.15, 0.2) is 5.78 Å². The Balaban J connectivity index is 3.46. The second-order valence-corrected chi connectivity index (χ2v) is 3.80. The molecule has 0 heterocycles. The number of carbonyl (C=O) groups is 1. The van der Waals surface area contributed by atoms with Crippen molar-refractivity contribution in [1.29, 1.82) is 0 Å². The topological polar surface area (TPSA) is 35.5 Å². The summed E-state index contributed by atoms with van der Waals surface area (Å²) in [5.41, 5.74) is 2.35. The summed E-state index contributed by atoms with van der Waals surface area (Å²) < 4.78 is 10.6. The highest BCUT2D eigenvalue weighted by Gasteiger charge is 2.17. The van der Waals surface area contributed by atoms with Crippen molar-refractivity contribution >= 4 is 5.78 Å². The third-order valence-corrected chi connectivity index (χ3v) is 2.64. The lowest BCUT2D eigenvalue weighted by atomic mass is 10.0. The third-order valence-electron chi connectivity index (χ3n) is 2.64. The Morgan fingerprint density at radius 3 is 2.24 bits per heavy atom. The summed E-state index contributed by atoms with van der Waals surface area (Å²) in [5, 5.41) is 0. The lowest BCUT2D eigenvalue weighted by molar-refractivity contribution is 0.104. The van der Waals surface area contributed by atoms with Crippen LogP contribution in [-0.2, 0) is 0 Å². The fourth-order valence-electron chi connectivity index (χ4n) is 1.95. The van der Waals surface area contributed by atoms with E-state index in [0.29, 0.717) is 11.3 Å². The summed E-state index contributed by atoms with van der Waals surface area (Å²) in [4.78, 5) is 11.9.